The minimum Gasteiger partial charge on any atom is -0.468 e. The Labute approximate surface area is 264 Å². The van der Waals surface area contributed by atoms with Crippen LogP contribution in [-0.2, 0) is 19.1 Å². The number of nitrogens with zero attached hydrogens (tertiary/aromatic N) is 3. The molecule has 0 radical (unpaired) electrons. The molecule has 1 unspecified atom stereocenters. The summed E-state index contributed by atoms with van der Waals surface area (Å²) in [6, 6.07) is 26.8. The SMILES string of the molecule is COC(=O)C1C(C)=NC(C)=C(C(=O)OC(C)(C)CN(C)CCC(c2ccccc2)c2ccccc2)[C@H]1c1cccc([N+](=O)[O-])c1. The molecular formula is C36H41N3O6. The lowest BCUT2D eigenvalue weighted by Crippen LogP contribution is -2.43. The maximum atomic E-state index is 14.0. The van der Waals surface area contributed by atoms with Gasteiger partial charge in [-0.3, -0.25) is 19.9 Å². The van der Waals surface area contributed by atoms with Crippen molar-refractivity contribution in [2.75, 3.05) is 27.2 Å². The van der Waals surface area contributed by atoms with Crippen molar-refractivity contribution in [2.24, 2.45) is 10.9 Å². The molecule has 4 rings (SSSR count). The van der Waals surface area contributed by atoms with Crippen LogP contribution in [0.4, 0.5) is 5.69 Å². The van der Waals surface area contributed by atoms with Gasteiger partial charge in [-0.25, -0.2) is 4.79 Å². The van der Waals surface area contributed by atoms with Gasteiger partial charge in [0.2, 0.25) is 0 Å². The van der Waals surface area contributed by atoms with Crippen molar-refractivity contribution in [1.29, 1.82) is 0 Å². The molecule has 1 heterocycles. The number of ether oxygens (including phenoxy) is 2. The lowest BCUT2D eigenvalue weighted by molar-refractivity contribution is -0.384. The largest absolute Gasteiger partial charge is 0.468 e. The molecule has 9 nitrogen and oxygen atoms in total. The number of allylic oxidation sites excluding steroid dienone is 1. The molecule has 45 heavy (non-hydrogen) atoms. The molecule has 0 N–H and O–H groups in total. The fraction of sp³-hybridized carbons (Fsp3) is 0.361. The van der Waals surface area contributed by atoms with Crippen LogP contribution in [0.5, 0.6) is 0 Å². The highest BCUT2D eigenvalue weighted by Gasteiger charge is 2.43. The predicted octanol–water partition coefficient (Wildman–Crippen LogP) is 6.69. The Morgan fingerprint density at radius 2 is 1.58 bits per heavy atom. The molecule has 0 aliphatic carbocycles. The molecule has 0 saturated heterocycles. The standard InChI is InChI=1S/C36H41N3O6/c1-24-31(34(40)44-6)33(28-18-13-19-29(22-28)39(42)43)32(25(2)37-24)35(41)45-36(3,4)23-38(5)21-20-30(26-14-9-7-10-15-26)27-16-11-8-12-17-27/h7-19,22,30-31,33H,20-21,23H2,1-6H3/t31?,33-/m0/s1. The fourth-order valence-corrected chi connectivity index (χ4v) is 6.24. The van der Waals surface area contributed by atoms with Gasteiger partial charge in [0.15, 0.2) is 0 Å². The number of aliphatic imine (C=N–C) groups is 1. The smallest absolute Gasteiger partial charge is 0.337 e. The van der Waals surface area contributed by atoms with Gasteiger partial charge in [-0.15, -0.1) is 0 Å². The molecule has 0 saturated carbocycles. The Morgan fingerprint density at radius 3 is 2.13 bits per heavy atom. The quantitative estimate of drug-likeness (QED) is 0.127. The number of non-ortho nitro benzene ring substituents is 1. The number of benzene rings is 3. The molecule has 0 fully saturated rings. The fourth-order valence-electron chi connectivity index (χ4n) is 6.24. The van der Waals surface area contributed by atoms with Crippen molar-refractivity contribution in [3.05, 3.63) is 123 Å². The van der Waals surface area contributed by atoms with Crippen molar-refractivity contribution in [3.63, 3.8) is 0 Å². The van der Waals surface area contributed by atoms with Crippen LogP contribution in [0.15, 0.2) is 101 Å². The summed E-state index contributed by atoms with van der Waals surface area (Å²) in [6.45, 7) is 8.27. The summed E-state index contributed by atoms with van der Waals surface area (Å²) < 4.78 is 11.2. The van der Waals surface area contributed by atoms with E-state index in [9.17, 15) is 19.7 Å². The third-order valence-corrected chi connectivity index (χ3v) is 8.17. The molecule has 3 aromatic rings. The van der Waals surface area contributed by atoms with Crippen LogP contribution in [0.3, 0.4) is 0 Å². The second kappa shape index (κ2) is 14.4. The number of likely N-dealkylation sites (N-methyl/N-ethyl adjacent to an activating group) is 1. The molecule has 0 spiro atoms. The second-order valence-corrected chi connectivity index (χ2v) is 12.1. The Morgan fingerprint density at radius 1 is 0.978 bits per heavy atom. The number of esters is 2. The molecule has 236 valence electrons. The second-order valence-electron chi connectivity index (χ2n) is 12.1. The van der Waals surface area contributed by atoms with Gasteiger partial charge in [0.1, 0.15) is 11.5 Å². The van der Waals surface area contributed by atoms with E-state index in [2.05, 4.69) is 58.4 Å². The zero-order valence-corrected chi connectivity index (χ0v) is 26.7. The Balaban J connectivity index is 1.54. The number of carbonyl (C=O) groups excluding carboxylic acids is 2. The van der Waals surface area contributed by atoms with Crippen LogP contribution < -0.4 is 0 Å². The highest BCUT2D eigenvalue weighted by atomic mass is 16.6. The number of carbonyl (C=O) groups is 2. The highest BCUT2D eigenvalue weighted by molar-refractivity contribution is 6.07. The molecule has 0 bridgehead atoms. The van der Waals surface area contributed by atoms with Gasteiger partial charge in [-0.05, 0) is 64.4 Å². The van der Waals surface area contributed by atoms with E-state index in [0.29, 0.717) is 23.5 Å². The van der Waals surface area contributed by atoms with Crippen LogP contribution in [-0.4, -0.2) is 60.3 Å². The van der Waals surface area contributed by atoms with Crippen LogP contribution in [0, 0.1) is 16.0 Å². The monoisotopic (exact) mass is 611 g/mol. The summed E-state index contributed by atoms with van der Waals surface area (Å²) in [4.78, 5) is 44.7. The average molecular weight is 612 g/mol. The van der Waals surface area contributed by atoms with Gasteiger partial charge in [0.25, 0.3) is 5.69 Å². The van der Waals surface area contributed by atoms with Gasteiger partial charge in [0, 0.05) is 41.9 Å². The molecule has 9 heteroatoms. The molecule has 2 atom stereocenters. The molecule has 0 aromatic heterocycles. The molecule has 1 aliphatic heterocycles. The van der Waals surface area contributed by atoms with Gasteiger partial charge >= 0.3 is 11.9 Å². The number of nitro groups is 1. The first-order valence-corrected chi connectivity index (χ1v) is 15.0. The van der Waals surface area contributed by atoms with Crippen molar-refractivity contribution < 1.29 is 24.0 Å². The predicted molar refractivity (Wildman–Crippen MR) is 174 cm³/mol. The molecule has 0 amide bonds. The topological polar surface area (TPSA) is 111 Å². The zero-order valence-electron chi connectivity index (χ0n) is 26.7. The van der Waals surface area contributed by atoms with Crippen LogP contribution in [0.1, 0.15) is 62.6 Å². The molecule has 3 aromatic carbocycles. The Bertz CT molecular complexity index is 1540. The van der Waals surface area contributed by atoms with Crippen molar-refractivity contribution >= 4 is 23.3 Å². The summed E-state index contributed by atoms with van der Waals surface area (Å²) in [6.07, 6.45) is 0.864. The first-order chi connectivity index (χ1) is 21.4. The Hall–Kier alpha value is -4.63. The summed E-state index contributed by atoms with van der Waals surface area (Å²) in [5.41, 5.74) is 2.90. The number of hydrogen-bond acceptors (Lipinski definition) is 8. The van der Waals surface area contributed by atoms with Crippen molar-refractivity contribution in [1.82, 2.24) is 4.90 Å². The summed E-state index contributed by atoms with van der Waals surface area (Å²) in [5.74, 6) is -2.81. The zero-order chi connectivity index (χ0) is 32.7. The lowest BCUT2D eigenvalue weighted by atomic mass is 9.75. The lowest BCUT2D eigenvalue weighted by Gasteiger charge is -2.35. The van der Waals surface area contributed by atoms with E-state index in [4.69, 9.17) is 9.47 Å². The van der Waals surface area contributed by atoms with Crippen molar-refractivity contribution in [3.8, 4) is 0 Å². The van der Waals surface area contributed by atoms with E-state index in [1.807, 2.05) is 33.0 Å². The summed E-state index contributed by atoms with van der Waals surface area (Å²) in [5, 5.41) is 11.6. The first kappa shape index (κ1) is 33.3. The first-order valence-electron chi connectivity index (χ1n) is 15.0. The van der Waals surface area contributed by atoms with Gasteiger partial charge in [-0.2, -0.15) is 0 Å². The van der Waals surface area contributed by atoms with E-state index in [1.54, 1.807) is 19.9 Å². The number of nitro benzene ring substituents is 1. The van der Waals surface area contributed by atoms with Gasteiger partial charge in [-0.1, -0.05) is 72.8 Å². The van der Waals surface area contributed by atoms with E-state index >= 15 is 0 Å². The number of rotatable bonds is 12. The average Bonchev–Trinajstić information content (AvgIpc) is 3.01. The molecule has 1 aliphatic rings. The van der Waals surface area contributed by atoms with Crippen LogP contribution in [0.25, 0.3) is 0 Å². The van der Waals surface area contributed by atoms with E-state index in [-0.39, 0.29) is 17.2 Å². The van der Waals surface area contributed by atoms with Gasteiger partial charge in [0.05, 0.1) is 17.6 Å². The maximum absolute atomic E-state index is 14.0. The van der Waals surface area contributed by atoms with Gasteiger partial charge < -0.3 is 14.4 Å². The van der Waals surface area contributed by atoms with Crippen molar-refractivity contribution in [2.45, 2.75) is 51.6 Å². The summed E-state index contributed by atoms with van der Waals surface area (Å²) >= 11 is 0. The van der Waals surface area contributed by atoms with E-state index in [1.165, 1.54) is 36.4 Å². The highest BCUT2D eigenvalue weighted by Crippen LogP contribution is 2.41. The van der Waals surface area contributed by atoms with E-state index in [0.717, 1.165) is 13.0 Å². The number of methoxy groups -OCH3 is 1. The van der Waals surface area contributed by atoms with Crippen LogP contribution in [0.2, 0.25) is 0 Å². The third-order valence-electron chi connectivity index (χ3n) is 8.17. The van der Waals surface area contributed by atoms with Crippen LogP contribution >= 0.6 is 0 Å². The minimum absolute atomic E-state index is 0.145. The molecular weight excluding hydrogens is 570 g/mol. The normalized spacial score (nSPS) is 16.8. The summed E-state index contributed by atoms with van der Waals surface area (Å²) in [7, 11) is 3.27. The van der Waals surface area contributed by atoms with E-state index < -0.39 is 34.3 Å². The number of hydrogen-bond donors (Lipinski definition) is 0. The third kappa shape index (κ3) is 8.10. The Kier molecular flexibility index (Phi) is 10.7. The minimum atomic E-state index is -0.943. The maximum Gasteiger partial charge on any atom is 0.337 e.